The molecule has 7 heteroatoms. The van der Waals surface area contributed by atoms with Crippen molar-refractivity contribution in [2.24, 2.45) is 0 Å². The molecule has 7 nitrogen and oxygen atoms in total. The number of carbonyl (C=O) groups excluding carboxylic acids is 2. The number of carbonyl (C=O) groups is 2. The Morgan fingerprint density at radius 2 is 1.77 bits per heavy atom. The minimum absolute atomic E-state index is 0.193. The number of pyridine rings is 2. The van der Waals surface area contributed by atoms with Gasteiger partial charge in [-0.1, -0.05) is 6.07 Å². The van der Waals surface area contributed by atoms with Gasteiger partial charge in [0.05, 0.1) is 16.7 Å². The Labute approximate surface area is 150 Å². The van der Waals surface area contributed by atoms with E-state index in [1.807, 2.05) is 24.3 Å². The highest BCUT2D eigenvalue weighted by molar-refractivity contribution is 6.12. The average molecular weight is 352 g/mol. The van der Waals surface area contributed by atoms with Crippen molar-refractivity contribution in [1.82, 2.24) is 15.3 Å². The first kappa shape index (κ1) is 17.6. The predicted molar refractivity (Wildman–Crippen MR) is 99.9 cm³/mol. The second kappa shape index (κ2) is 6.95. The van der Waals surface area contributed by atoms with Crippen LogP contribution in [-0.2, 0) is 9.53 Å². The molecule has 134 valence electrons. The van der Waals surface area contributed by atoms with Crippen LogP contribution in [0.2, 0.25) is 0 Å². The van der Waals surface area contributed by atoms with Gasteiger partial charge < -0.3 is 15.4 Å². The molecule has 0 aliphatic heterocycles. The number of rotatable bonds is 3. The Hall–Kier alpha value is -3.22. The van der Waals surface area contributed by atoms with Crippen molar-refractivity contribution in [3.63, 3.8) is 0 Å². The maximum absolute atomic E-state index is 12.2. The zero-order valence-electron chi connectivity index (χ0n) is 14.9. The Balaban J connectivity index is 1.80. The fraction of sp³-hybridized carbons (Fsp3) is 0.263. The Bertz CT molecular complexity index is 979. The van der Waals surface area contributed by atoms with Crippen LogP contribution in [0.4, 0.5) is 10.5 Å². The molecule has 0 atom stereocenters. The highest BCUT2D eigenvalue weighted by Gasteiger charge is 2.17. The van der Waals surface area contributed by atoms with Crippen LogP contribution in [0.1, 0.15) is 20.8 Å². The number of amides is 2. The fourth-order valence-electron chi connectivity index (χ4n) is 2.54. The van der Waals surface area contributed by atoms with Crippen LogP contribution in [-0.4, -0.2) is 34.1 Å². The molecule has 2 aromatic heterocycles. The summed E-state index contributed by atoms with van der Waals surface area (Å²) in [6.45, 7) is 5.08. The van der Waals surface area contributed by atoms with Crippen LogP contribution >= 0.6 is 0 Å². The van der Waals surface area contributed by atoms with Gasteiger partial charge in [0.2, 0.25) is 5.91 Å². The summed E-state index contributed by atoms with van der Waals surface area (Å²) in [6, 6.07) is 9.24. The first-order chi connectivity index (χ1) is 12.3. The summed E-state index contributed by atoms with van der Waals surface area (Å²) in [7, 11) is 0. The maximum Gasteiger partial charge on any atom is 0.408 e. The summed E-state index contributed by atoms with van der Waals surface area (Å²) in [5.74, 6) is -0.357. The zero-order valence-corrected chi connectivity index (χ0v) is 14.9. The monoisotopic (exact) mass is 352 g/mol. The van der Waals surface area contributed by atoms with Gasteiger partial charge in [-0.3, -0.25) is 14.8 Å². The molecule has 3 aromatic rings. The summed E-state index contributed by atoms with van der Waals surface area (Å²) in [4.78, 5) is 32.7. The van der Waals surface area contributed by atoms with E-state index < -0.39 is 11.7 Å². The lowest BCUT2D eigenvalue weighted by Crippen LogP contribution is -2.37. The Kier molecular flexibility index (Phi) is 4.71. The molecule has 0 aliphatic carbocycles. The van der Waals surface area contributed by atoms with Crippen LogP contribution in [0.15, 0.2) is 42.7 Å². The zero-order chi connectivity index (χ0) is 18.7. The van der Waals surface area contributed by atoms with E-state index in [-0.39, 0.29) is 12.5 Å². The van der Waals surface area contributed by atoms with Gasteiger partial charge in [0.15, 0.2) is 0 Å². The third-order valence-electron chi connectivity index (χ3n) is 3.53. The summed E-state index contributed by atoms with van der Waals surface area (Å²) >= 11 is 0. The third-order valence-corrected chi connectivity index (χ3v) is 3.53. The lowest BCUT2D eigenvalue weighted by atomic mass is 10.1. The van der Waals surface area contributed by atoms with E-state index in [9.17, 15) is 9.59 Å². The van der Waals surface area contributed by atoms with Crippen molar-refractivity contribution in [3.05, 3.63) is 42.7 Å². The number of nitrogens with one attached hydrogen (secondary N) is 2. The summed E-state index contributed by atoms with van der Waals surface area (Å²) in [5.41, 5.74) is 1.48. The predicted octanol–water partition coefficient (Wildman–Crippen LogP) is 3.25. The summed E-state index contributed by atoms with van der Waals surface area (Å²) < 4.78 is 5.12. The molecule has 0 unspecified atom stereocenters. The van der Waals surface area contributed by atoms with Crippen LogP contribution in [0.3, 0.4) is 0 Å². The van der Waals surface area contributed by atoms with Crippen molar-refractivity contribution in [2.45, 2.75) is 26.4 Å². The third kappa shape index (κ3) is 4.05. The van der Waals surface area contributed by atoms with Gasteiger partial charge in [-0.15, -0.1) is 0 Å². The van der Waals surface area contributed by atoms with Crippen molar-refractivity contribution >= 4 is 39.5 Å². The SMILES string of the molecule is CC(C)(C)OC(=O)NCC(=O)Nc1cc2cccnc2c2ncccc12. The summed E-state index contributed by atoms with van der Waals surface area (Å²) in [6.07, 6.45) is 2.76. The van der Waals surface area contributed by atoms with Gasteiger partial charge >= 0.3 is 6.09 Å². The molecule has 0 bridgehead atoms. The molecular formula is C19H20N4O3. The molecule has 2 N–H and O–H groups in total. The fourth-order valence-corrected chi connectivity index (χ4v) is 2.54. The number of alkyl carbamates (subject to hydrolysis) is 1. The smallest absolute Gasteiger partial charge is 0.408 e. The minimum atomic E-state index is -0.637. The number of hydrogen-bond acceptors (Lipinski definition) is 5. The van der Waals surface area contributed by atoms with Gasteiger partial charge in [-0.25, -0.2) is 4.79 Å². The average Bonchev–Trinajstić information content (AvgIpc) is 2.59. The van der Waals surface area contributed by atoms with E-state index in [4.69, 9.17) is 4.74 Å². The normalized spacial score (nSPS) is 11.3. The standard InChI is InChI=1S/C19H20N4O3/c1-19(2,3)26-18(25)22-11-15(24)23-14-10-12-6-4-8-20-16(12)17-13(14)7-5-9-21-17/h4-10H,11H2,1-3H3,(H,22,25)(H,23,24). The number of ether oxygens (including phenoxy) is 1. The molecule has 0 saturated carbocycles. The van der Waals surface area contributed by atoms with Crippen LogP contribution in [0.5, 0.6) is 0 Å². The van der Waals surface area contributed by atoms with Gasteiger partial charge in [0.1, 0.15) is 12.1 Å². The number of anilines is 1. The largest absolute Gasteiger partial charge is 0.444 e. The summed E-state index contributed by atoms with van der Waals surface area (Å²) in [5, 5.41) is 6.91. The molecule has 0 fully saturated rings. The molecular weight excluding hydrogens is 332 g/mol. The number of hydrogen-bond donors (Lipinski definition) is 2. The molecule has 3 rings (SSSR count). The molecule has 0 saturated heterocycles. The minimum Gasteiger partial charge on any atom is -0.444 e. The second-order valence-electron chi connectivity index (χ2n) is 6.80. The Morgan fingerprint density at radius 3 is 2.50 bits per heavy atom. The maximum atomic E-state index is 12.2. The molecule has 2 amide bonds. The quantitative estimate of drug-likeness (QED) is 0.706. The van der Waals surface area contributed by atoms with Crippen LogP contribution < -0.4 is 10.6 Å². The number of fused-ring (bicyclic) bond motifs is 3. The molecule has 2 heterocycles. The molecule has 26 heavy (non-hydrogen) atoms. The van der Waals surface area contributed by atoms with Crippen molar-refractivity contribution in [2.75, 3.05) is 11.9 Å². The molecule has 0 aliphatic rings. The number of nitrogens with zero attached hydrogens (tertiary/aromatic N) is 2. The first-order valence-corrected chi connectivity index (χ1v) is 8.23. The topological polar surface area (TPSA) is 93.2 Å². The van der Waals surface area contributed by atoms with E-state index in [2.05, 4.69) is 20.6 Å². The number of aromatic nitrogens is 2. The van der Waals surface area contributed by atoms with Crippen LogP contribution in [0, 0.1) is 0 Å². The Morgan fingerprint density at radius 1 is 1.08 bits per heavy atom. The van der Waals surface area contributed by atoms with Crippen molar-refractivity contribution in [3.8, 4) is 0 Å². The van der Waals surface area contributed by atoms with E-state index in [1.165, 1.54) is 0 Å². The first-order valence-electron chi connectivity index (χ1n) is 8.23. The van der Waals surface area contributed by atoms with E-state index in [1.54, 1.807) is 39.2 Å². The molecule has 1 aromatic carbocycles. The van der Waals surface area contributed by atoms with Gasteiger partial charge in [0.25, 0.3) is 0 Å². The number of benzene rings is 1. The van der Waals surface area contributed by atoms with Crippen LogP contribution in [0.25, 0.3) is 21.8 Å². The molecule has 0 spiro atoms. The lowest BCUT2D eigenvalue weighted by molar-refractivity contribution is -0.115. The van der Waals surface area contributed by atoms with Gasteiger partial charge in [0, 0.05) is 23.2 Å². The van der Waals surface area contributed by atoms with Gasteiger partial charge in [-0.05, 0) is 45.0 Å². The lowest BCUT2D eigenvalue weighted by Gasteiger charge is -2.19. The van der Waals surface area contributed by atoms with E-state index >= 15 is 0 Å². The van der Waals surface area contributed by atoms with E-state index in [0.717, 1.165) is 16.3 Å². The van der Waals surface area contributed by atoms with Crippen molar-refractivity contribution < 1.29 is 14.3 Å². The van der Waals surface area contributed by atoms with E-state index in [0.29, 0.717) is 11.2 Å². The molecule has 0 radical (unpaired) electrons. The highest BCUT2D eigenvalue weighted by atomic mass is 16.6. The van der Waals surface area contributed by atoms with Crippen molar-refractivity contribution in [1.29, 1.82) is 0 Å². The van der Waals surface area contributed by atoms with Gasteiger partial charge in [-0.2, -0.15) is 0 Å². The second-order valence-corrected chi connectivity index (χ2v) is 6.80. The highest BCUT2D eigenvalue weighted by Crippen LogP contribution is 2.29.